The summed E-state index contributed by atoms with van der Waals surface area (Å²) in [5.41, 5.74) is 4.86. The molecule has 3 rings (SSSR count). The van der Waals surface area contributed by atoms with Gasteiger partial charge in [0.05, 0.1) is 11.0 Å². The Morgan fingerprint density at radius 2 is 1.87 bits per heavy atom. The van der Waals surface area contributed by atoms with Crippen LogP contribution in [0.4, 0.5) is 0 Å². The summed E-state index contributed by atoms with van der Waals surface area (Å²) in [5.74, 6) is 1.89. The number of rotatable bonds is 9. The number of benzene rings is 2. The van der Waals surface area contributed by atoms with Crippen LogP contribution in [0, 0.1) is 6.92 Å². The predicted molar refractivity (Wildman–Crippen MR) is 141 cm³/mol. The molecule has 0 aliphatic heterocycles. The summed E-state index contributed by atoms with van der Waals surface area (Å²) in [5, 5.41) is 6.84. The number of fused-ring (bicyclic) bond motifs is 1. The fraction of sp³-hybridized carbons (Fsp3) is 0.417. The number of aliphatic imine (C=N–C) groups is 1. The first-order valence-corrected chi connectivity index (χ1v) is 10.7. The highest BCUT2D eigenvalue weighted by molar-refractivity contribution is 14.0. The molecule has 7 heteroatoms. The van der Waals surface area contributed by atoms with Gasteiger partial charge in [-0.25, -0.2) is 4.98 Å². The molecule has 0 saturated heterocycles. The van der Waals surface area contributed by atoms with Crippen molar-refractivity contribution in [3.63, 3.8) is 0 Å². The van der Waals surface area contributed by atoms with Gasteiger partial charge in [0, 0.05) is 33.2 Å². The Kier molecular flexibility index (Phi) is 10.3. The van der Waals surface area contributed by atoms with Crippen LogP contribution in [0.2, 0.25) is 0 Å². The molecule has 0 saturated carbocycles. The fourth-order valence-corrected chi connectivity index (χ4v) is 3.59. The number of halogens is 1. The first-order valence-electron chi connectivity index (χ1n) is 10.7. The van der Waals surface area contributed by atoms with Crippen molar-refractivity contribution < 1.29 is 0 Å². The van der Waals surface area contributed by atoms with Crippen LogP contribution in [0.15, 0.2) is 53.5 Å². The van der Waals surface area contributed by atoms with Crippen LogP contribution in [-0.2, 0) is 19.6 Å². The molecule has 2 aromatic carbocycles. The Bertz CT molecular complexity index is 981. The zero-order valence-electron chi connectivity index (χ0n) is 19.1. The van der Waals surface area contributed by atoms with Crippen molar-refractivity contribution in [1.29, 1.82) is 0 Å². The van der Waals surface area contributed by atoms with Crippen molar-refractivity contribution in [1.82, 2.24) is 25.1 Å². The van der Waals surface area contributed by atoms with Gasteiger partial charge in [0.2, 0.25) is 0 Å². The maximum Gasteiger partial charge on any atom is 0.191 e. The van der Waals surface area contributed by atoms with Gasteiger partial charge in [-0.05, 0) is 50.2 Å². The summed E-state index contributed by atoms with van der Waals surface area (Å²) in [4.78, 5) is 11.3. The minimum absolute atomic E-state index is 0. The molecule has 0 fully saturated rings. The summed E-state index contributed by atoms with van der Waals surface area (Å²) < 4.78 is 2.28. The minimum Gasteiger partial charge on any atom is -0.356 e. The second kappa shape index (κ2) is 12.7. The zero-order valence-corrected chi connectivity index (χ0v) is 21.4. The van der Waals surface area contributed by atoms with Crippen LogP contribution >= 0.6 is 24.0 Å². The highest BCUT2D eigenvalue weighted by atomic mass is 127. The topological polar surface area (TPSA) is 57.5 Å². The molecule has 3 aromatic rings. The third-order valence-corrected chi connectivity index (χ3v) is 5.36. The second-order valence-electron chi connectivity index (χ2n) is 7.66. The first-order chi connectivity index (χ1) is 14.6. The van der Waals surface area contributed by atoms with E-state index < -0.39 is 0 Å². The van der Waals surface area contributed by atoms with E-state index in [0.29, 0.717) is 0 Å². The summed E-state index contributed by atoms with van der Waals surface area (Å²) in [6.45, 7) is 8.82. The normalized spacial score (nSPS) is 11.6. The zero-order chi connectivity index (χ0) is 21.3. The molecule has 1 heterocycles. The molecule has 0 spiro atoms. The number of nitrogens with one attached hydrogen (secondary N) is 2. The van der Waals surface area contributed by atoms with E-state index >= 15 is 0 Å². The van der Waals surface area contributed by atoms with Gasteiger partial charge in [-0.15, -0.1) is 24.0 Å². The summed E-state index contributed by atoms with van der Waals surface area (Å²) in [6, 6.07) is 17.0. The molecule has 0 unspecified atom stereocenters. The number of guanidine groups is 1. The van der Waals surface area contributed by atoms with Gasteiger partial charge in [-0.1, -0.05) is 43.3 Å². The average molecular weight is 534 g/mol. The molecule has 0 atom stereocenters. The number of aromatic nitrogens is 2. The molecule has 0 radical (unpaired) electrons. The lowest BCUT2D eigenvalue weighted by molar-refractivity contribution is 0.345. The molecule has 31 heavy (non-hydrogen) atoms. The van der Waals surface area contributed by atoms with E-state index in [1.807, 2.05) is 13.1 Å². The lowest BCUT2D eigenvalue weighted by Crippen LogP contribution is -2.37. The van der Waals surface area contributed by atoms with Gasteiger partial charge in [-0.2, -0.15) is 0 Å². The van der Waals surface area contributed by atoms with Gasteiger partial charge in [0.25, 0.3) is 0 Å². The van der Waals surface area contributed by atoms with Crippen molar-refractivity contribution >= 4 is 41.0 Å². The summed E-state index contributed by atoms with van der Waals surface area (Å²) >= 11 is 0. The Morgan fingerprint density at radius 1 is 1.10 bits per heavy atom. The van der Waals surface area contributed by atoms with E-state index in [1.54, 1.807) is 0 Å². The standard InChI is InChI=1S/C24H34N6.HI/c1-5-29(4)18-21-11-8-10-20(16-21)17-27-24(25-3)26-14-9-15-30-19(2)28-22-12-6-7-13-23(22)30;/h6-8,10-13,16H,5,9,14-15,17-18H2,1-4H3,(H2,25,26,27);1H. The van der Waals surface area contributed by atoms with Crippen molar-refractivity contribution in [3.05, 3.63) is 65.5 Å². The monoisotopic (exact) mass is 534 g/mol. The average Bonchev–Trinajstić information content (AvgIpc) is 3.08. The van der Waals surface area contributed by atoms with Gasteiger partial charge < -0.3 is 20.1 Å². The molecule has 168 valence electrons. The molecular formula is C24H35IN6. The van der Waals surface area contributed by atoms with Crippen LogP contribution in [0.5, 0.6) is 0 Å². The van der Waals surface area contributed by atoms with E-state index in [2.05, 4.69) is 93.4 Å². The van der Waals surface area contributed by atoms with Crippen LogP contribution in [-0.4, -0.2) is 47.6 Å². The van der Waals surface area contributed by atoms with Gasteiger partial charge in [0.1, 0.15) is 5.82 Å². The van der Waals surface area contributed by atoms with E-state index in [9.17, 15) is 0 Å². The Hall–Kier alpha value is -2.13. The molecule has 6 nitrogen and oxygen atoms in total. The number of aryl methyl sites for hydroxylation is 2. The Balaban J connectivity index is 0.00000341. The minimum atomic E-state index is 0. The molecule has 1 aromatic heterocycles. The van der Waals surface area contributed by atoms with E-state index in [1.165, 1.54) is 16.6 Å². The fourth-order valence-electron chi connectivity index (χ4n) is 3.59. The highest BCUT2D eigenvalue weighted by Crippen LogP contribution is 2.15. The van der Waals surface area contributed by atoms with Crippen LogP contribution in [0.1, 0.15) is 30.3 Å². The number of para-hydroxylation sites is 2. The maximum absolute atomic E-state index is 4.64. The largest absolute Gasteiger partial charge is 0.356 e. The number of hydrogen-bond acceptors (Lipinski definition) is 3. The third kappa shape index (κ3) is 7.21. The van der Waals surface area contributed by atoms with Crippen molar-refractivity contribution in [2.24, 2.45) is 4.99 Å². The van der Waals surface area contributed by atoms with Crippen LogP contribution in [0.3, 0.4) is 0 Å². The molecule has 0 aliphatic rings. The third-order valence-electron chi connectivity index (χ3n) is 5.36. The molecular weight excluding hydrogens is 499 g/mol. The first kappa shape index (κ1) is 25.1. The highest BCUT2D eigenvalue weighted by Gasteiger charge is 2.06. The number of hydrogen-bond donors (Lipinski definition) is 2. The number of imidazole rings is 1. The number of nitrogens with zero attached hydrogens (tertiary/aromatic N) is 4. The smallest absolute Gasteiger partial charge is 0.191 e. The SMILES string of the molecule is CCN(C)Cc1cccc(CNC(=NC)NCCCn2c(C)nc3ccccc32)c1.I. The van der Waals surface area contributed by atoms with E-state index in [4.69, 9.17) is 0 Å². The molecule has 0 bridgehead atoms. The van der Waals surface area contributed by atoms with Crippen molar-refractivity contribution in [3.8, 4) is 0 Å². The van der Waals surface area contributed by atoms with E-state index in [0.717, 1.165) is 56.4 Å². The molecule has 0 aliphatic carbocycles. The molecule has 0 amide bonds. The van der Waals surface area contributed by atoms with Gasteiger partial charge in [-0.3, -0.25) is 4.99 Å². The lowest BCUT2D eigenvalue weighted by Gasteiger charge is -2.15. The second-order valence-corrected chi connectivity index (χ2v) is 7.66. The van der Waals surface area contributed by atoms with Gasteiger partial charge in [0.15, 0.2) is 5.96 Å². The van der Waals surface area contributed by atoms with Crippen LogP contribution in [0.25, 0.3) is 11.0 Å². The molecule has 2 N–H and O–H groups in total. The van der Waals surface area contributed by atoms with Crippen LogP contribution < -0.4 is 10.6 Å². The van der Waals surface area contributed by atoms with Crippen molar-refractivity contribution in [2.75, 3.05) is 27.2 Å². The Morgan fingerprint density at radius 3 is 2.65 bits per heavy atom. The predicted octanol–water partition coefficient (Wildman–Crippen LogP) is 4.17. The lowest BCUT2D eigenvalue weighted by atomic mass is 10.1. The van der Waals surface area contributed by atoms with Crippen molar-refractivity contribution in [2.45, 2.75) is 39.9 Å². The quantitative estimate of drug-likeness (QED) is 0.187. The summed E-state index contributed by atoms with van der Waals surface area (Å²) in [7, 11) is 3.96. The maximum atomic E-state index is 4.64. The Labute approximate surface area is 203 Å². The van der Waals surface area contributed by atoms with E-state index in [-0.39, 0.29) is 24.0 Å². The summed E-state index contributed by atoms with van der Waals surface area (Å²) in [6.07, 6.45) is 1.00. The van der Waals surface area contributed by atoms with Gasteiger partial charge >= 0.3 is 0 Å².